The predicted octanol–water partition coefficient (Wildman–Crippen LogP) is 2.41. The second kappa shape index (κ2) is 0.997. The fourth-order valence-electron chi connectivity index (χ4n) is 0.786. The molecule has 1 unspecified atom stereocenters. The van der Waals surface area contributed by atoms with E-state index in [0.717, 1.165) is 0 Å². The normalized spacial score (nSPS) is 46.3. The van der Waals surface area contributed by atoms with Gasteiger partial charge < -0.3 is 0 Å². The smallest absolute Gasteiger partial charge is 0.0475 e. The van der Waals surface area contributed by atoms with Crippen LogP contribution in [0.2, 0.25) is 0 Å². The van der Waals surface area contributed by atoms with Gasteiger partial charge in [-0.1, -0.05) is 13.8 Å². The highest BCUT2D eigenvalue weighted by Crippen LogP contribution is 2.59. The van der Waals surface area contributed by atoms with E-state index in [4.69, 9.17) is 11.6 Å². The SMILES string of the molecule is CC1(C)CC1(C)Cl. The first-order valence-corrected chi connectivity index (χ1v) is 3.02. The van der Waals surface area contributed by atoms with Crippen LogP contribution in [0.5, 0.6) is 0 Å². The first kappa shape index (κ1) is 5.43. The van der Waals surface area contributed by atoms with Gasteiger partial charge in [0.2, 0.25) is 0 Å². The Morgan fingerprint density at radius 3 is 1.43 bits per heavy atom. The molecule has 42 valence electrons. The van der Waals surface area contributed by atoms with E-state index >= 15 is 0 Å². The van der Waals surface area contributed by atoms with Gasteiger partial charge in [0, 0.05) is 4.87 Å². The predicted molar refractivity (Wildman–Crippen MR) is 32.7 cm³/mol. The maximum atomic E-state index is 5.93. The van der Waals surface area contributed by atoms with Crippen LogP contribution in [0.1, 0.15) is 27.2 Å². The lowest BCUT2D eigenvalue weighted by molar-refractivity contribution is 0.603. The van der Waals surface area contributed by atoms with Crippen molar-refractivity contribution in [3.05, 3.63) is 0 Å². The van der Waals surface area contributed by atoms with Crippen LogP contribution in [0.15, 0.2) is 0 Å². The van der Waals surface area contributed by atoms with E-state index in [-0.39, 0.29) is 4.87 Å². The summed E-state index contributed by atoms with van der Waals surface area (Å²) in [5.41, 5.74) is 0.411. The van der Waals surface area contributed by atoms with Gasteiger partial charge in [-0.05, 0) is 18.8 Å². The van der Waals surface area contributed by atoms with Crippen molar-refractivity contribution >= 4 is 11.6 Å². The molecule has 0 bridgehead atoms. The summed E-state index contributed by atoms with van der Waals surface area (Å²) in [6, 6.07) is 0. The molecule has 7 heavy (non-hydrogen) atoms. The van der Waals surface area contributed by atoms with Crippen LogP contribution < -0.4 is 0 Å². The van der Waals surface area contributed by atoms with Crippen molar-refractivity contribution < 1.29 is 0 Å². The fourth-order valence-corrected chi connectivity index (χ4v) is 1.12. The second-order valence-electron chi connectivity index (χ2n) is 3.26. The zero-order valence-corrected chi connectivity index (χ0v) is 5.84. The molecule has 1 rings (SSSR count). The van der Waals surface area contributed by atoms with Crippen molar-refractivity contribution in [2.75, 3.05) is 0 Å². The van der Waals surface area contributed by atoms with Gasteiger partial charge in [-0.2, -0.15) is 0 Å². The Morgan fingerprint density at radius 1 is 1.29 bits per heavy atom. The van der Waals surface area contributed by atoms with Gasteiger partial charge in [0.05, 0.1) is 0 Å². The molecule has 1 atom stereocenters. The lowest BCUT2D eigenvalue weighted by atomic mass is 10.1. The zero-order valence-electron chi connectivity index (χ0n) is 5.09. The van der Waals surface area contributed by atoms with Gasteiger partial charge in [0.1, 0.15) is 0 Å². The summed E-state index contributed by atoms with van der Waals surface area (Å²) >= 11 is 5.93. The molecule has 0 heterocycles. The molecule has 0 radical (unpaired) electrons. The van der Waals surface area contributed by atoms with Crippen molar-refractivity contribution in [1.82, 2.24) is 0 Å². The first-order chi connectivity index (χ1) is 2.96. The Labute approximate surface area is 49.9 Å². The molecule has 1 aliphatic rings. The van der Waals surface area contributed by atoms with E-state index < -0.39 is 0 Å². The molecule has 0 aromatic carbocycles. The van der Waals surface area contributed by atoms with Crippen molar-refractivity contribution in [2.24, 2.45) is 5.41 Å². The van der Waals surface area contributed by atoms with Crippen molar-refractivity contribution in [3.8, 4) is 0 Å². The third-order valence-corrected chi connectivity index (χ3v) is 2.71. The van der Waals surface area contributed by atoms with Gasteiger partial charge in [-0.15, -0.1) is 11.6 Å². The molecule has 0 aliphatic heterocycles. The van der Waals surface area contributed by atoms with E-state index in [1.807, 2.05) is 0 Å². The van der Waals surface area contributed by atoms with Crippen LogP contribution in [0.25, 0.3) is 0 Å². The Balaban J connectivity index is 2.59. The third-order valence-electron chi connectivity index (χ3n) is 2.06. The van der Waals surface area contributed by atoms with E-state index in [1.165, 1.54) is 6.42 Å². The largest absolute Gasteiger partial charge is 0.119 e. The van der Waals surface area contributed by atoms with Crippen LogP contribution in [-0.2, 0) is 0 Å². The quantitative estimate of drug-likeness (QED) is 0.429. The minimum atomic E-state index is 0.118. The lowest BCUT2D eigenvalue weighted by Gasteiger charge is -2.01. The second-order valence-corrected chi connectivity index (χ2v) is 4.09. The summed E-state index contributed by atoms with van der Waals surface area (Å²) < 4.78 is 0. The van der Waals surface area contributed by atoms with Crippen LogP contribution in [-0.4, -0.2) is 4.87 Å². The van der Waals surface area contributed by atoms with Gasteiger partial charge in [-0.25, -0.2) is 0 Å². The molecule has 0 spiro atoms. The maximum absolute atomic E-state index is 5.93. The van der Waals surface area contributed by atoms with Crippen molar-refractivity contribution in [3.63, 3.8) is 0 Å². The van der Waals surface area contributed by atoms with E-state index in [2.05, 4.69) is 20.8 Å². The zero-order chi connectivity index (χ0) is 5.71. The molecule has 0 N–H and O–H groups in total. The summed E-state index contributed by atoms with van der Waals surface area (Å²) in [7, 11) is 0. The van der Waals surface area contributed by atoms with Crippen LogP contribution in [0.3, 0.4) is 0 Å². The molecule has 0 saturated heterocycles. The number of hydrogen-bond acceptors (Lipinski definition) is 0. The molecular formula is C6H11Cl. The Morgan fingerprint density at radius 2 is 1.43 bits per heavy atom. The average molecular weight is 119 g/mol. The molecule has 1 heteroatoms. The summed E-state index contributed by atoms with van der Waals surface area (Å²) in [6.45, 7) is 6.48. The molecule has 0 aromatic rings. The molecule has 1 fully saturated rings. The van der Waals surface area contributed by atoms with Crippen LogP contribution >= 0.6 is 11.6 Å². The van der Waals surface area contributed by atoms with E-state index in [0.29, 0.717) is 5.41 Å². The molecule has 0 amide bonds. The van der Waals surface area contributed by atoms with Crippen LogP contribution in [0, 0.1) is 5.41 Å². The topological polar surface area (TPSA) is 0 Å². The molecular weight excluding hydrogens is 108 g/mol. The van der Waals surface area contributed by atoms with E-state index in [9.17, 15) is 0 Å². The number of alkyl halides is 1. The van der Waals surface area contributed by atoms with Gasteiger partial charge in [0.25, 0.3) is 0 Å². The minimum absolute atomic E-state index is 0.118. The highest BCUT2D eigenvalue weighted by atomic mass is 35.5. The first-order valence-electron chi connectivity index (χ1n) is 2.65. The summed E-state index contributed by atoms with van der Waals surface area (Å²) in [5.74, 6) is 0. The standard InChI is InChI=1S/C6H11Cl/c1-5(2)4-6(5,3)7/h4H2,1-3H3. The Hall–Kier alpha value is 0.290. The van der Waals surface area contributed by atoms with Gasteiger partial charge in [-0.3, -0.25) is 0 Å². The average Bonchev–Trinajstić information content (AvgIpc) is 1.63. The van der Waals surface area contributed by atoms with Crippen LogP contribution in [0.4, 0.5) is 0 Å². The summed E-state index contributed by atoms with van der Waals surface area (Å²) in [5, 5.41) is 0. The Bertz CT molecular complexity index is 80.4. The van der Waals surface area contributed by atoms with Crippen molar-refractivity contribution in [1.29, 1.82) is 0 Å². The molecule has 1 aliphatic carbocycles. The highest BCUT2D eigenvalue weighted by molar-refractivity contribution is 6.26. The fraction of sp³-hybridized carbons (Fsp3) is 1.00. The Kier molecular flexibility index (Phi) is 0.773. The van der Waals surface area contributed by atoms with E-state index in [1.54, 1.807) is 0 Å². The number of halogens is 1. The summed E-state index contributed by atoms with van der Waals surface area (Å²) in [6.07, 6.45) is 1.17. The lowest BCUT2D eigenvalue weighted by Crippen LogP contribution is -1.99. The molecule has 1 saturated carbocycles. The molecule has 0 aromatic heterocycles. The highest BCUT2D eigenvalue weighted by Gasteiger charge is 2.56. The maximum Gasteiger partial charge on any atom is 0.0475 e. The minimum Gasteiger partial charge on any atom is -0.119 e. The van der Waals surface area contributed by atoms with Crippen molar-refractivity contribution in [2.45, 2.75) is 32.1 Å². The third kappa shape index (κ3) is 0.655. The number of hydrogen-bond donors (Lipinski definition) is 0. The van der Waals surface area contributed by atoms with Gasteiger partial charge >= 0.3 is 0 Å². The monoisotopic (exact) mass is 118 g/mol. The summed E-state index contributed by atoms with van der Waals surface area (Å²) in [4.78, 5) is 0.118. The van der Waals surface area contributed by atoms with Gasteiger partial charge in [0.15, 0.2) is 0 Å². The molecule has 0 nitrogen and oxygen atoms in total. The number of rotatable bonds is 0.